The van der Waals surface area contributed by atoms with Gasteiger partial charge in [-0.3, -0.25) is 14.9 Å². The monoisotopic (exact) mass is 375 g/mol. The minimum absolute atomic E-state index is 0.0129. The van der Waals surface area contributed by atoms with Gasteiger partial charge in [0.15, 0.2) is 5.82 Å². The molecular weight excluding hydrogens is 350 g/mol. The van der Waals surface area contributed by atoms with Gasteiger partial charge in [0.05, 0.1) is 6.04 Å². The van der Waals surface area contributed by atoms with Gasteiger partial charge in [-0.25, -0.2) is 4.98 Å². The molecule has 1 aromatic carbocycles. The molecule has 0 bridgehead atoms. The zero-order valence-electron chi connectivity index (χ0n) is 15.9. The molecular formula is C22H25N5O. The number of nitrogens with one attached hydrogen (secondary N) is 1. The predicted molar refractivity (Wildman–Crippen MR) is 107 cm³/mol. The van der Waals surface area contributed by atoms with Gasteiger partial charge < -0.3 is 4.90 Å². The number of pyridine rings is 1. The van der Waals surface area contributed by atoms with E-state index in [4.69, 9.17) is 0 Å². The van der Waals surface area contributed by atoms with E-state index in [2.05, 4.69) is 32.3 Å². The first-order valence-electron chi connectivity index (χ1n) is 9.97. The van der Waals surface area contributed by atoms with E-state index in [9.17, 15) is 4.79 Å². The maximum absolute atomic E-state index is 12.9. The summed E-state index contributed by atoms with van der Waals surface area (Å²) < 4.78 is 0. The van der Waals surface area contributed by atoms with E-state index in [0.717, 1.165) is 50.0 Å². The van der Waals surface area contributed by atoms with Crippen molar-refractivity contribution >= 4 is 5.91 Å². The average Bonchev–Trinajstić information content (AvgIpc) is 3.25. The first kappa shape index (κ1) is 18.3. The van der Waals surface area contributed by atoms with Crippen molar-refractivity contribution < 1.29 is 4.79 Å². The van der Waals surface area contributed by atoms with Crippen LogP contribution in [0, 0.1) is 0 Å². The number of H-pyrrole nitrogens is 1. The zero-order chi connectivity index (χ0) is 19.2. The molecule has 1 aliphatic heterocycles. The van der Waals surface area contributed by atoms with Gasteiger partial charge in [-0.15, -0.1) is 0 Å². The predicted octanol–water partition coefficient (Wildman–Crippen LogP) is 3.94. The van der Waals surface area contributed by atoms with Crippen LogP contribution in [0.25, 0.3) is 11.4 Å². The molecule has 6 nitrogen and oxygen atoms in total. The number of amides is 1. The quantitative estimate of drug-likeness (QED) is 0.708. The van der Waals surface area contributed by atoms with E-state index >= 15 is 0 Å². The molecule has 3 heterocycles. The molecule has 1 unspecified atom stereocenters. The van der Waals surface area contributed by atoms with Crippen LogP contribution in [-0.2, 0) is 11.2 Å². The van der Waals surface area contributed by atoms with Crippen LogP contribution >= 0.6 is 0 Å². The molecule has 1 fully saturated rings. The Morgan fingerprint density at radius 1 is 1.11 bits per heavy atom. The van der Waals surface area contributed by atoms with Gasteiger partial charge in [0, 0.05) is 30.9 Å². The third-order valence-electron chi connectivity index (χ3n) is 5.28. The normalized spacial score (nSPS) is 16.9. The SMILES string of the molecule is O=C(CCCc1ccccc1)N1CCCCC1c1nc(-c2ccncc2)n[nH]1. The van der Waals surface area contributed by atoms with Gasteiger partial charge >= 0.3 is 0 Å². The van der Waals surface area contributed by atoms with Crippen LogP contribution in [0.3, 0.4) is 0 Å². The Labute approximate surface area is 165 Å². The molecule has 0 aliphatic carbocycles. The van der Waals surface area contributed by atoms with Crippen LogP contribution in [0.2, 0.25) is 0 Å². The fourth-order valence-corrected chi connectivity index (χ4v) is 3.80. The third-order valence-corrected chi connectivity index (χ3v) is 5.28. The second kappa shape index (κ2) is 8.78. The molecule has 4 rings (SSSR count). The molecule has 1 amide bonds. The Bertz CT molecular complexity index is 894. The van der Waals surface area contributed by atoms with Crippen LogP contribution in [0.4, 0.5) is 0 Å². The van der Waals surface area contributed by atoms with E-state index in [0.29, 0.717) is 12.2 Å². The number of benzene rings is 1. The number of aromatic amines is 1. The lowest BCUT2D eigenvalue weighted by atomic mass is 10.00. The molecule has 3 aromatic rings. The summed E-state index contributed by atoms with van der Waals surface area (Å²) in [5, 5.41) is 7.42. The number of likely N-dealkylation sites (tertiary alicyclic amines) is 1. The van der Waals surface area contributed by atoms with Gasteiger partial charge in [-0.1, -0.05) is 30.3 Å². The van der Waals surface area contributed by atoms with E-state index in [-0.39, 0.29) is 11.9 Å². The Hall–Kier alpha value is -3.02. The zero-order valence-corrected chi connectivity index (χ0v) is 15.9. The highest BCUT2D eigenvalue weighted by Crippen LogP contribution is 2.30. The fourth-order valence-electron chi connectivity index (χ4n) is 3.80. The van der Waals surface area contributed by atoms with Crippen molar-refractivity contribution in [2.24, 2.45) is 0 Å². The van der Waals surface area contributed by atoms with Gasteiger partial charge in [0.1, 0.15) is 5.82 Å². The van der Waals surface area contributed by atoms with Gasteiger partial charge in [-0.2, -0.15) is 5.10 Å². The summed E-state index contributed by atoms with van der Waals surface area (Å²) in [5.74, 6) is 1.64. The molecule has 6 heteroatoms. The highest BCUT2D eigenvalue weighted by Gasteiger charge is 2.30. The number of carbonyl (C=O) groups is 1. The molecule has 2 aromatic heterocycles. The van der Waals surface area contributed by atoms with Gasteiger partial charge in [0.25, 0.3) is 0 Å². The second-order valence-electron chi connectivity index (χ2n) is 7.22. The summed E-state index contributed by atoms with van der Waals surface area (Å²) in [7, 11) is 0. The Morgan fingerprint density at radius 3 is 2.75 bits per heavy atom. The second-order valence-corrected chi connectivity index (χ2v) is 7.22. The molecule has 0 saturated carbocycles. The maximum atomic E-state index is 12.9. The van der Waals surface area contributed by atoms with Crippen LogP contribution in [0.15, 0.2) is 54.9 Å². The van der Waals surface area contributed by atoms with Gasteiger partial charge in [0.2, 0.25) is 5.91 Å². The first-order valence-corrected chi connectivity index (χ1v) is 9.97. The molecule has 1 aliphatic rings. The Kier molecular flexibility index (Phi) is 5.75. The number of aromatic nitrogens is 4. The van der Waals surface area contributed by atoms with Crippen molar-refractivity contribution in [2.45, 2.75) is 44.6 Å². The fraction of sp³-hybridized carbons (Fsp3) is 0.364. The summed E-state index contributed by atoms with van der Waals surface area (Å²) >= 11 is 0. The highest BCUT2D eigenvalue weighted by atomic mass is 16.2. The van der Waals surface area contributed by atoms with Crippen LogP contribution in [0.1, 0.15) is 49.5 Å². The average molecular weight is 375 g/mol. The number of hydrogen-bond donors (Lipinski definition) is 1. The van der Waals surface area contributed by atoms with Gasteiger partial charge in [-0.05, 0) is 49.8 Å². The van der Waals surface area contributed by atoms with E-state index in [1.807, 2.05) is 35.2 Å². The minimum atomic E-state index is -0.0129. The third kappa shape index (κ3) is 4.27. The van der Waals surface area contributed by atoms with E-state index in [1.165, 1.54) is 5.56 Å². The van der Waals surface area contributed by atoms with Crippen LogP contribution in [0.5, 0.6) is 0 Å². The smallest absolute Gasteiger partial charge is 0.223 e. The van der Waals surface area contributed by atoms with Crippen LogP contribution in [-0.4, -0.2) is 37.5 Å². The lowest BCUT2D eigenvalue weighted by Crippen LogP contribution is -2.39. The number of nitrogens with zero attached hydrogens (tertiary/aromatic N) is 4. The molecule has 0 radical (unpaired) electrons. The largest absolute Gasteiger partial charge is 0.332 e. The first-order chi connectivity index (χ1) is 13.8. The molecule has 1 saturated heterocycles. The number of piperidine rings is 1. The highest BCUT2D eigenvalue weighted by molar-refractivity contribution is 5.76. The summed E-state index contributed by atoms with van der Waals surface area (Å²) in [6.07, 6.45) is 8.90. The number of aryl methyl sites for hydroxylation is 1. The molecule has 144 valence electrons. The molecule has 1 N–H and O–H groups in total. The van der Waals surface area contributed by atoms with Crippen molar-refractivity contribution in [3.8, 4) is 11.4 Å². The van der Waals surface area contributed by atoms with E-state index in [1.54, 1.807) is 12.4 Å². The lowest BCUT2D eigenvalue weighted by molar-refractivity contribution is -0.135. The molecule has 0 spiro atoms. The summed E-state index contributed by atoms with van der Waals surface area (Å²) in [4.78, 5) is 23.6. The van der Waals surface area contributed by atoms with Crippen molar-refractivity contribution in [3.63, 3.8) is 0 Å². The number of hydrogen-bond acceptors (Lipinski definition) is 4. The number of rotatable bonds is 6. The topological polar surface area (TPSA) is 74.8 Å². The summed E-state index contributed by atoms with van der Waals surface area (Å²) in [6, 6.07) is 14.1. The van der Waals surface area contributed by atoms with Crippen molar-refractivity contribution in [1.82, 2.24) is 25.1 Å². The number of carbonyl (C=O) groups excluding carboxylic acids is 1. The van der Waals surface area contributed by atoms with Crippen molar-refractivity contribution in [3.05, 3.63) is 66.2 Å². The van der Waals surface area contributed by atoms with Crippen molar-refractivity contribution in [1.29, 1.82) is 0 Å². The van der Waals surface area contributed by atoms with E-state index < -0.39 is 0 Å². The summed E-state index contributed by atoms with van der Waals surface area (Å²) in [5.41, 5.74) is 2.21. The lowest BCUT2D eigenvalue weighted by Gasteiger charge is -2.34. The van der Waals surface area contributed by atoms with Crippen LogP contribution < -0.4 is 0 Å². The molecule has 28 heavy (non-hydrogen) atoms. The Balaban J connectivity index is 1.41. The maximum Gasteiger partial charge on any atom is 0.223 e. The minimum Gasteiger partial charge on any atom is -0.332 e. The standard InChI is InChI=1S/C22H25N5O/c28-20(11-6-9-17-7-2-1-3-8-17)27-16-5-4-10-19(27)22-24-21(25-26-22)18-12-14-23-15-13-18/h1-3,7-8,12-15,19H,4-6,9-11,16H2,(H,24,25,26). The van der Waals surface area contributed by atoms with Crippen molar-refractivity contribution in [2.75, 3.05) is 6.54 Å². The Morgan fingerprint density at radius 2 is 1.93 bits per heavy atom. The summed E-state index contributed by atoms with van der Waals surface area (Å²) in [6.45, 7) is 0.792. The molecule has 1 atom stereocenters.